The minimum absolute atomic E-state index is 0.00133. The zero-order valence-electron chi connectivity index (χ0n) is 12.5. The van der Waals surface area contributed by atoms with Crippen molar-refractivity contribution in [1.29, 1.82) is 0 Å². The van der Waals surface area contributed by atoms with E-state index < -0.39 is 0 Å². The molecular weight excluding hydrogens is 262 g/mol. The second kappa shape index (κ2) is 6.31. The molecule has 1 aromatic carbocycles. The molecule has 1 fully saturated rings. The van der Waals surface area contributed by atoms with Gasteiger partial charge in [0.1, 0.15) is 0 Å². The van der Waals surface area contributed by atoms with Crippen molar-refractivity contribution in [2.45, 2.75) is 19.8 Å². The summed E-state index contributed by atoms with van der Waals surface area (Å²) < 4.78 is 0. The van der Waals surface area contributed by atoms with Gasteiger partial charge in [0.25, 0.3) is 0 Å². The summed E-state index contributed by atoms with van der Waals surface area (Å²) in [5.41, 5.74) is 2.35. The Bertz CT molecular complexity index is 613. The maximum Gasteiger partial charge on any atom is 0.223 e. The normalized spacial score (nSPS) is 19.8. The fourth-order valence-electron chi connectivity index (χ4n) is 3.03. The fraction of sp³-hybridized carbons (Fsp3) is 0.471. The second-order valence-electron chi connectivity index (χ2n) is 6.07. The largest absolute Gasteiger partial charge is 0.361 e. The maximum absolute atomic E-state index is 12.2. The molecule has 2 unspecified atom stereocenters. The minimum Gasteiger partial charge on any atom is -0.361 e. The van der Waals surface area contributed by atoms with Gasteiger partial charge in [-0.25, -0.2) is 0 Å². The number of para-hydroxylation sites is 1. The summed E-state index contributed by atoms with van der Waals surface area (Å²) in [6.45, 7) is 4.90. The third kappa shape index (κ3) is 3.27. The van der Waals surface area contributed by atoms with Crippen LogP contribution in [0.15, 0.2) is 30.5 Å². The number of rotatable bonds is 5. The van der Waals surface area contributed by atoms with Crippen molar-refractivity contribution in [3.05, 3.63) is 36.0 Å². The Kier molecular flexibility index (Phi) is 4.25. The zero-order chi connectivity index (χ0) is 14.7. The lowest BCUT2D eigenvalue weighted by atomic mass is 9.99. The number of fused-ring (bicyclic) bond motifs is 1. The first-order valence-corrected chi connectivity index (χ1v) is 7.77. The Morgan fingerprint density at radius 1 is 1.43 bits per heavy atom. The number of amides is 1. The Balaban J connectivity index is 1.57. The van der Waals surface area contributed by atoms with E-state index in [1.54, 1.807) is 0 Å². The first-order valence-electron chi connectivity index (χ1n) is 7.77. The number of hydrogen-bond acceptors (Lipinski definition) is 2. The van der Waals surface area contributed by atoms with E-state index in [1.165, 1.54) is 10.9 Å². The van der Waals surface area contributed by atoms with E-state index in [1.807, 2.05) is 25.3 Å². The predicted octanol–water partition coefficient (Wildman–Crippen LogP) is 2.07. The van der Waals surface area contributed by atoms with Gasteiger partial charge in [-0.2, -0.15) is 0 Å². The molecule has 0 spiro atoms. The predicted molar refractivity (Wildman–Crippen MR) is 85.2 cm³/mol. The molecule has 1 amide bonds. The highest BCUT2D eigenvalue weighted by atomic mass is 16.1. The Labute approximate surface area is 125 Å². The lowest BCUT2D eigenvalue weighted by Gasteiger charge is -2.14. The van der Waals surface area contributed by atoms with Crippen molar-refractivity contribution in [3.63, 3.8) is 0 Å². The van der Waals surface area contributed by atoms with Crippen LogP contribution < -0.4 is 10.6 Å². The average Bonchev–Trinajstić information content (AvgIpc) is 3.15. The van der Waals surface area contributed by atoms with Crippen LogP contribution in [0.25, 0.3) is 10.9 Å². The number of benzene rings is 1. The molecule has 1 aromatic heterocycles. The highest BCUT2D eigenvalue weighted by Gasteiger charge is 2.19. The van der Waals surface area contributed by atoms with E-state index in [4.69, 9.17) is 0 Å². The van der Waals surface area contributed by atoms with Gasteiger partial charge in [0, 0.05) is 29.6 Å². The summed E-state index contributed by atoms with van der Waals surface area (Å²) in [4.78, 5) is 15.5. The van der Waals surface area contributed by atoms with E-state index in [9.17, 15) is 4.79 Å². The Morgan fingerprint density at radius 3 is 3.10 bits per heavy atom. The van der Waals surface area contributed by atoms with Crippen LogP contribution in [0.2, 0.25) is 0 Å². The Hall–Kier alpha value is -1.81. The highest BCUT2D eigenvalue weighted by Crippen LogP contribution is 2.20. The summed E-state index contributed by atoms with van der Waals surface area (Å²) in [6.07, 6.45) is 3.96. The van der Waals surface area contributed by atoms with Gasteiger partial charge in [-0.05, 0) is 43.5 Å². The maximum atomic E-state index is 12.2. The molecule has 112 valence electrons. The average molecular weight is 285 g/mol. The molecular formula is C17H23N3O. The molecule has 2 atom stereocenters. The first-order chi connectivity index (χ1) is 10.2. The summed E-state index contributed by atoms with van der Waals surface area (Å²) in [6, 6.07) is 8.23. The summed E-state index contributed by atoms with van der Waals surface area (Å²) in [5, 5.41) is 7.64. The van der Waals surface area contributed by atoms with Crippen molar-refractivity contribution in [1.82, 2.24) is 15.6 Å². The monoisotopic (exact) mass is 285 g/mol. The van der Waals surface area contributed by atoms with Crippen molar-refractivity contribution in [2.24, 2.45) is 11.8 Å². The number of nitrogens with one attached hydrogen (secondary N) is 3. The molecule has 4 heteroatoms. The van der Waals surface area contributed by atoms with Gasteiger partial charge in [0.05, 0.1) is 0 Å². The summed E-state index contributed by atoms with van der Waals surface area (Å²) >= 11 is 0. The quantitative estimate of drug-likeness (QED) is 0.787. The molecule has 21 heavy (non-hydrogen) atoms. The van der Waals surface area contributed by atoms with Gasteiger partial charge in [-0.1, -0.05) is 25.1 Å². The molecule has 4 nitrogen and oxygen atoms in total. The molecule has 1 saturated heterocycles. The van der Waals surface area contributed by atoms with Crippen molar-refractivity contribution in [3.8, 4) is 0 Å². The van der Waals surface area contributed by atoms with Crippen molar-refractivity contribution >= 4 is 16.8 Å². The molecule has 0 saturated carbocycles. The zero-order valence-corrected chi connectivity index (χ0v) is 12.5. The van der Waals surface area contributed by atoms with Crippen LogP contribution in [0.4, 0.5) is 0 Å². The van der Waals surface area contributed by atoms with Crippen molar-refractivity contribution in [2.75, 3.05) is 19.6 Å². The number of aromatic amines is 1. The van der Waals surface area contributed by atoms with Gasteiger partial charge in [0.15, 0.2) is 0 Å². The van der Waals surface area contributed by atoms with Crippen LogP contribution in [-0.2, 0) is 11.2 Å². The standard InChI is InChI=1S/C17H23N3O/c1-12(17(21)20-10-13-6-7-18-9-13)8-14-11-19-16-5-3-2-4-15(14)16/h2-5,11-13,18-19H,6-10H2,1H3,(H,20,21). The van der Waals surface area contributed by atoms with Crippen LogP contribution >= 0.6 is 0 Å². The topological polar surface area (TPSA) is 56.9 Å². The first kappa shape index (κ1) is 14.1. The number of hydrogen-bond donors (Lipinski definition) is 3. The van der Waals surface area contributed by atoms with Gasteiger partial charge < -0.3 is 15.6 Å². The van der Waals surface area contributed by atoms with Crippen LogP contribution in [0.5, 0.6) is 0 Å². The summed E-state index contributed by atoms with van der Waals surface area (Å²) in [7, 11) is 0. The molecule has 2 heterocycles. The van der Waals surface area contributed by atoms with Gasteiger partial charge in [0.2, 0.25) is 5.91 Å². The lowest BCUT2D eigenvalue weighted by molar-refractivity contribution is -0.124. The van der Waals surface area contributed by atoms with Crippen LogP contribution in [0.1, 0.15) is 18.9 Å². The minimum atomic E-state index is -0.00133. The van der Waals surface area contributed by atoms with Gasteiger partial charge >= 0.3 is 0 Å². The van der Waals surface area contributed by atoms with Crippen molar-refractivity contribution < 1.29 is 4.79 Å². The van der Waals surface area contributed by atoms with E-state index in [0.717, 1.165) is 38.0 Å². The molecule has 2 aromatic rings. The third-order valence-corrected chi connectivity index (χ3v) is 4.38. The summed E-state index contributed by atoms with van der Waals surface area (Å²) in [5.74, 6) is 0.750. The second-order valence-corrected chi connectivity index (χ2v) is 6.07. The van der Waals surface area contributed by atoms with Crippen LogP contribution in [-0.4, -0.2) is 30.5 Å². The fourth-order valence-corrected chi connectivity index (χ4v) is 3.03. The highest BCUT2D eigenvalue weighted by molar-refractivity contribution is 5.84. The van der Waals surface area contributed by atoms with E-state index >= 15 is 0 Å². The van der Waals surface area contributed by atoms with Gasteiger partial charge in [-0.3, -0.25) is 4.79 Å². The molecule has 3 N–H and O–H groups in total. The third-order valence-electron chi connectivity index (χ3n) is 4.38. The SMILES string of the molecule is CC(Cc1c[nH]c2ccccc12)C(=O)NCC1CCNC1. The Morgan fingerprint density at radius 2 is 2.29 bits per heavy atom. The van der Waals surface area contributed by atoms with Crippen LogP contribution in [0.3, 0.4) is 0 Å². The molecule has 1 aliphatic rings. The molecule has 0 radical (unpaired) electrons. The lowest BCUT2D eigenvalue weighted by Crippen LogP contribution is -2.34. The van der Waals surface area contributed by atoms with E-state index in [2.05, 4.69) is 27.8 Å². The van der Waals surface area contributed by atoms with Crippen LogP contribution in [0, 0.1) is 11.8 Å². The number of H-pyrrole nitrogens is 1. The number of aromatic nitrogens is 1. The smallest absolute Gasteiger partial charge is 0.223 e. The molecule has 0 bridgehead atoms. The van der Waals surface area contributed by atoms with E-state index in [-0.39, 0.29) is 11.8 Å². The van der Waals surface area contributed by atoms with E-state index in [0.29, 0.717) is 5.92 Å². The molecule has 0 aliphatic carbocycles. The number of carbonyl (C=O) groups is 1. The van der Waals surface area contributed by atoms with Gasteiger partial charge in [-0.15, -0.1) is 0 Å². The molecule has 1 aliphatic heterocycles. The molecule has 3 rings (SSSR count). The number of carbonyl (C=O) groups excluding carboxylic acids is 1.